The molecule has 1 aromatic carbocycles. The number of aromatic nitrogens is 2. The van der Waals surface area contributed by atoms with Crippen LogP contribution in [-0.4, -0.2) is 15.7 Å². The number of aryl methyl sites for hydroxylation is 2. The van der Waals surface area contributed by atoms with Gasteiger partial charge in [-0.25, -0.2) is 0 Å². The predicted molar refractivity (Wildman–Crippen MR) is 70.0 cm³/mol. The Labute approximate surface area is 108 Å². The van der Waals surface area contributed by atoms with E-state index >= 15 is 0 Å². The number of halogens is 1. The Balaban J connectivity index is 2.20. The molecule has 0 aliphatic heterocycles. The second-order valence-corrected chi connectivity index (χ2v) is 4.73. The Kier molecular flexibility index (Phi) is 3.28. The average Bonchev–Trinajstić information content (AvgIpc) is 2.63. The number of carbonyl (C=O) groups excluding carboxylic acids is 1. The van der Waals surface area contributed by atoms with Gasteiger partial charge in [0.25, 0.3) is 5.91 Å². The minimum absolute atomic E-state index is 0.122. The van der Waals surface area contributed by atoms with E-state index in [0.29, 0.717) is 11.3 Å². The standard InChI is InChI=1S/C12H12BrN3O/c1-8-5-9(13)3-4-11(8)12(17)15-10-6-14-16(2)7-10/h3-7H,1-2H3,(H,15,17). The summed E-state index contributed by atoms with van der Waals surface area (Å²) in [6.07, 6.45) is 3.37. The topological polar surface area (TPSA) is 46.9 Å². The maximum absolute atomic E-state index is 12.0. The lowest BCUT2D eigenvalue weighted by Crippen LogP contribution is -2.12. The molecule has 0 atom stereocenters. The quantitative estimate of drug-likeness (QED) is 0.925. The van der Waals surface area contributed by atoms with Crippen molar-refractivity contribution >= 4 is 27.5 Å². The van der Waals surface area contributed by atoms with Crippen molar-refractivity contribution in [2.75, 3.05) is 5.32 Å². The molecule has 0 radical (unpaired) electrons. The number of benzene rings is 1. The van der Waals surface area contributed by atoms with Crippen LogP contribution in [0.15, 0.2) is 35.1 Å². The van der Waals surface area contributed by atoms with E-state index in [2.05, 4.69) is 26.3 Å². The van der Waals surface area contributed by atoms with Gasteiger partial charge in [-0.2, -0.15) is 5.10 Å². The second kappa shape index (κ2) is 4.71. The number of hydrogen-bond donors (Lipinski definition) is 1. The van der Waals surface area contributed by atoms with Crippen molar-refractivity contribution < 1.29 is 4.79 Å². The summed E-state index contributed by atoms with van der Waals surface area (Å²) in [5, 5.41) is 6.80. The van der Waals surface area contributed by atoms with Gasteiger partial charge >= 0.3 is 0 Å². The smallest absolute Gasteiger partial charge is 0.256 e. The number of rotatable bonds is 2. The number of amides is 1. The van der Waals surface area contributed by atoms with E-state index in [1.54, 1.807) is 30.2 Å². The van der Waals surface area contributed by atoms with Crippen LogP contribution < -0.4 is 5.32 Å². The number of carbonyl (C=O) groups is 1. The highest BCUT2D eigenvalue weighted by atomic mass is 79.9. The van der Waals surface area contributed by atoms with Crippen molar-refractivity contribution in [1.29, 1.82) is 0 Å². The summed E-state index contributed by atoms with van der Waals surface area (Å²) in [5.41, 5.74) is 2.29. The molecule has 4 nitrogen and oxygen atoms in total. The van der Waals surface area contributed by atoms with Gasteiger partial charge in [0.15, 0.2) is 0 Å². The van der Waals surface area contributed by atoms with Gasteiger partial charge in [-0.15, -0.1) is 0 Å². The van der Waals surface area contributed by atoms with Gasteiger partial charge < -0.3 is 5.32 Å². The van der Waals surface area contributed by atoms with Crippen molar-refractivity contribution in [3.63, 3.8) is 0 Å². The number of nitrogens with zero attached hydrogens (tertiary/aromatic N) is 2. The van der Waals surface area contributed by atoms with E-state index in [-0.39, 0.29) is 5.91 Å². The summed E-state index contributed by atoms with van der Waals surface area (Å²) in [5.74, 6) is -0.122. The molecule has 88 valence electrons. The van der Waals surface area contributed by atoms with Crippen LogP contribution in [0.2, 0.25) is 0 Å². The molecule has 1 amide bonds. The first kappa shape index (κ1) is 11.9. The number of hydrogen-bond acceptors (Lipinski definition) is 2. The third-order valence-electron chi connectivity index (χ3n) is 2.40. The molecule has 0 unspecified atom stereocenters. The molecule has 0 fully saturated rings. The first-order valence-corrected chi connectivity index (χ1v) is 5.92. The molecule has 17 heavy (non-hydrogen) atoms. The molecule has 5 heteroatoms. The van der Waals surface area contributed by atoms with Gasteiger partial charge in [0.1, 0.15) is 0 Å². The third kappa shape index (κ3) is 2.74. The molecule has 2 aromatic rings. The average molecular weight is 294 g/mol. The van der Waals surface area contributed by atoms with Gasteiger partial charge in [0.2, 0.25) is 0 Å². The fourth-order valence-electron chi connectivity index (χ4n) is 1.57. The van der Waals surface area contributed by atoms with Gasteiger partial charge in [0.05, 0.1) is 11.9 Å². The van der Waals surface area contributed by atoms with Crippen LogP contribution >= 0.6 is 15.9 Å². The second-order valence-electron chi connectivity index (χ2n) is 3.82. The largest absolute Gasteiger partial charge is 0.319 e. The Bertz CT molecular complexity index is 563. The van der Waals surface area contributed by atoms with E-state index in [9.17, 15) is 4.79 Å². The summed E-state index contributed by atoms with van der Waals surface area (Å²) >= 11 is 3.37. The maximum atomic E-state index is 12.0. The SMILES string of the molecule is Cc1cc(Br)ccc1C(=O)Nc1cnn(C)c1. The monoisotopic (exact) mass is 293 g/mol. The van der Waals surface area contributed by atoms with Gasteiger partial charge in [-0.3, -0.25) is 9.48 Å². The summed E-state index contributed by atoms with van der Waals surface area (Å²) in [4.78, 5) is 12.0. The van der Waals surface area contributed by atoms with E-state index < -0.39 is 0 Å². The highest BCUT2D eigenvalue weighted by molar-refractivity contribution is 9.10. The molecule has 0 aliphatic rings. The lowest BCUT2D eigenvalue weighted by molar-refractivity contribution is 0.102. The van der Waals surface area contributed by atoms with Crippen molar-refractivity contribution in [2.24, 2.45) is 7.05 Å². The fourth-order valence-corrected chi connectivity index (χ4v) is 2.04. The molecule has 2 rings (SSSR count). The van der Waals surface area contributed by atoms with Crippen molar-refractivity contribution in [1.82, 2.24) is 9.78 Å². The van der Waals surface area contributed by atoms with Gasteiger partial charge in [0, 0.05) is 23.3 Å². The van der Waals surface area contributed by atoms with Crippen LogP contribution in [0.5, 0.6) is 0 Å². The lowest BCUT2D eigenvalue weighted by Gasteiger charge is -2.06. The molecule has 1 aromatic heterocycles. The van der Waals surface area contributed by atoms with Crippen molar-refractivity contribution in [3.8, 4) is 0 Å². The fraction of sp³-hybridized carbons (Fsp3) is 0.167. The van der Waals surface area contributed by atoms with E-state index in [1.807, 2.05) is 19.1 Å². The van der Waals surface area contributed by atoms with Crippen LogP contribution in [0.25, 0.3) is 0 Å². The van der Waals surface area contributed by atoms with E-state index in [1.165, 1.54) is 0 Å². The molecule has 0 spiro atoms. The molecular weight excluding hydrogens is 282 g/mol. The summed E-state index contributed by atoms with van der Waals surface area (Å²) in [6, 6.07) is 5.56. The molecule has 0 saturated carbocycles. The zero-order valence-electron chi connectivity index (χ0n) is 9.57. The Morgan fingerprint density at radius 3 is 2.82 bits per heavy atom. The normalized spacial score (nSPS) is 10.3. The molecular formula is C12H12BrN3O. The Morgan fingerprint density at radius 2 is 2.24 bits per heavy atom. The third-order valence-corrected chi connectivity index (χ3v) is 2.89. The van der Waals surface area contributed by atoms with Gasteiger partial charge in [-0.05, 0) is 30.7 Å². The van der Waals surface area contributed by atoms with Crippen LogP contribution in [0, 0.1) is 6.92 Å². The van der Waals surface area contributed by atoms with E-state index in [4.69, 9.17) is 0 Å². The Morgan fingerprint density at radius 1 is 1.47 bits per heavy atom. The van der Waals surface area contributed by atoms with Crippen LogP contribution in [-0.2, 0) is 7.05 Å². The van der Waals surface area contributed by atoms with E-state index in [0.717, 1.165) is 10.0 Å². The number of anilines is 1. The van der Waals surface area contributed by atoms with Crippen LogP contribution in [0.4, 0.5) is 5.69 Å². The molecule has 1 N–H and O–H groups in total. The zero-order valence-corrected chi connectivity index (χ0v) is 11.2. The minimum Gasteiger partial charge on any atom is -0.319 e. The van der Waals surface area contributed by atoms with Crippen LogP contribution in [0.1, 0.15) is 15.9 Å². The van der Waals surface area contributed by atoms with Gasteiger partial charge in [-0.1, -0.05) is 15.9 Å². The summed E-state index contributed by atoms with van der Waals surface area (Å²) in [6.45, 7) is 1.91. The molecule has 0 bridgehead atoms. The zero-order chi connectivity index (χ0) is 12.4. The number of nitrogens with one attached hydrogen (secondary N) is 1. The van der Waals surface area contributed by atoms with Crippen molar-refractivity contribution in [2.45, 2.75) is 6.92 Å². The molecule has 0 aliphatic carbocycles. The molecule has 1 heterocycles. The lowest BCUT2D eigenvalue weighted by atomic mass is 10.1. The first-order valence-electron chi connectivity index (χ1n) is 5.12. The highest BCUT2D eigenvalue weighted by Gasteiger charge is 2.10. The Hall–Kier alpha value is -1.62. The molecule has 0 saturated heterocycles. The predicted octanol–water partition coefficient (Wildman–Crippen LogP) is 2.74. The van der Waals surface area contributed by atoms with Crippen LogP contribution in [0.3, 0.4) is 0 Å². The van der Waals surface area contributed by atoms with Crippen molar-refractivity contribution in [3.05, 3.63) is 46.2 Å². The minimum atomic E-state index is -0.122. The first-order chi connectivity index (χ1) is 8.06. The summed E-state index contributed by atoms with van der Waals surface area (Å²) in [7, 11) is 1.81. The highest BCUT2D eigenvalue weighted by Crippen LogP contribution is 2.17. The maximum Gasteiger partial charge on any atom is 0.256 e. The summed E-state index contributed by atoms with van der Waals surface area (Å²) < 4.78 is 2.61.